The smallest absolute Gasteiger partial charge is 0.0113 e. The number of benzene rings is 2. The number of unbranched alkanes of at least 4 members (excludes halogenated alkanes) is 3. The minimum Gasteiger partial charge on any atom is -0.310 e. The van der Waals surface area contributed by atoms with Crippen molar-refractivity contribution < 1.29 is 0 Å². The van der Waals surface area contributed by atoms with Crippen molar-refractivity contribution in [2.75, 3.05) is 14.1 Å². The van der Waals surface area contributed by atoms with Gasteiger partial charge in [-0.1, -0.05) is 75.1 Å². The van der Waals surface area contributed by atoms with Gasteiger partial charge in [0, 0.05) is 18.2 Å². The first-order valence-electron chi connectivity index (χ1n) is 10.2. The molecule has 0 heterocycles. The van der Waals surface area contributed by atoms with E-state index in [4.69, 9.17) is 5.41 Å². The van der Waals surface area contributed by atoms with Gasteiger partial charge in [-0.05, 0) is 56.1 Å². The molecule has 2 heteroatoms. The van der Waals surface area contributed by atoms with Gasteiger partial charge in [-0.15, -0.1) is 0 Å². The van der Waals surface area contributed by atoms with E-state index in [1.54, 1.807) is 0 Å². The van der Waals surface area contributed by atoms with Crippen LogP contribution in [0.2, 0.25) is 0 Å². The van der Waals surface area contributed by atoms with Crippen LogP contribution in [0.1, 0.15) is 70.3 Å². The first kappa shape index (κ1) is 20.6. The molecule has 1 unspecified atom stereocenters. The molecular weight excluding hydrogens is 316 g/mol. The minimum atomic E-state index is 0.430. The molecule has 0 bridgehead atoms. The van der Waals surface area contributed by atoms with Crippen LogP contribution in [-0.4, -0.2) is 30.7 Å². The Morgan fingerprint density at radius 3 is 2.38 bits per heavy atom. The zero-order chi connectivity index (χ0) is 18.9. The molecule has 0 spiro atoms. The van der Waals surface area contributed by atoms with Crippen molar-refractivity contribution in [2.45, 2.75) is 70.8 Å². The highest BCUT2D eigenvalue weighted by Crippen LogP contribution is 2.30. The molecule has 1 N–H and O–H groups in total. The van der Waals surface area contributed by atoms with Crippen LogP contribution in [0.3, 0.4) is 0 Å². The maximum Gasteiger partial charge on any atom is 0.0113 e. The third-order valence-electron chi connectivity index (χ3n) is 5.57. The van der Waals surface area contributed by atoms with Crippen molar-refractivity contribution in [2.24, 2.45) is 0 Å². The summed E-state index contributed by atoms with van der Waals surface area (Å²) in [5, 5.41) is 11.2. The molecule has 0 fully saturated rings. The summed E-state index contributed by atoms with van der Waals surface area (Å²) in [5.74, 6) is 0.471. The lowest BCUT2D eigenvalue weighted by atomic mass is 9.86. The second-order valence-corrected chi connectivity index (χ2v) is 7.98. The topological polar surface area (TPSA) is 27.1 Å². The number of nitrogens with one attached hydrogen (secondary N) is 1. The first-order valence-corrected chi connectivity index (χ1v) is 10.2. The molecule has 0 aromatic heterocycles. The summed E-state index contributed by atoms with van der Waals surface area (Å²) >= 11 is 0. The summed E-state index contributed by atoms with van der Waals surface area (Å²) in [7, 11) is 4.20. The summed E-state index contributed by atoms with van der Waals surface area (Å²) in [6, 6.07) is 15.9. The van der Waals surface area contributed by atoms with Gasteiger partial charge in [0.2, 0.25) is 0 Å². The highest BCUT2D eigenvalue weighted by atomic mass is 15.1. The average molecular weight is 353 g/mol. The van der Waals surface area contributed by atoms with Crippen LogP contribution in [0.5, 0.6) is 0 Å². The molecule has 0 radical (unpaired) electrons. The Morgan fingerprint density at radius 2 is 1.69 bits per heavy atom. The molecule has 0 aliphatic rings. The van der Waals surface area contributed by atoms with Gasteiger partial charge in [0.25, 0.3) is 0 Å². The SMILES string of the molecule is CCCCCCC(CC(=N)C[C@@H](C)N(C)C)c1ccc2ccccc2c1. The van der Waals surface area contributed by atoms with Gasteiger partial charge in [0.05, 0.1) is 0 Å². The van der Waals surface area contributed by atoms with E-state index >= 15 is 0 Å². The Hall–Kier alpha value is -1.67. The lowest BCUT2D eigenvalue weighted by Crippen LogP contribution is -2.27. The van der Waals surface area contributed by atoms with Crippen molar-refractivity contribution in [3.63, 3.8) is 0 Å². The van der Waals surface area contributed by atoms with Gasteiger partial charge in [-0.3, -0.25) is 0 Å². The van der Waals surface area contributed by atoms with E-state index in [9.17, 15) is 0 Å². The highest BCUT2D eigenvalue weighted by molar-refractivity contribution is 5.85. The quantitative estimate of drug-likeness (QED) is 0.356. The van der Waals surface area contributed by atoms with Crippen molar-refractivity contribution in [1.29, 1.82) is 5.41 Å². The van der Waals surface area contributed by atoms with Crippen molar-refractivity contribution in [3.8, 4) is 0 Å². The van der Waals surface area contributed by atoms with Crippen LogP contribution in [0.15, 0.2) is 42.5 Å². The maximum absolute atomic E-state index is 8.54. The van der Waals surface area contributed by atoms with Gasteiger partial charge in [0.1, 0.15) is 0 Å². The second kappa shape index (κ2) is 10.5. The molecule has 2 atom stereocenters. The standard InChI is InChI=1S/C24H36N2/c1-5-6-7-8-12-22(18-24(25)16-19(2)26(3)4)23-15-14-20-11-9-10-13-21(20)17-23/h9-11,13-15,17,19,22,25H,5-8,12,16,18H2,1-4H3/t19-,22?/m1/s1. The summed E-state index contributed by atoms with van der Waals surface area (Å²) in [5.41, 5.74) is 2.29. The van der Waals surface area contributed by atoms with Gasteiger partial charge in [-0.2, -0.15) is 0 Å². The molecule has 0 aliphatic carbocycles. The van der Waals surface area contributed by atoms with Gasteiger partial charge in [0.15, 0.2) is 0 Å². The Balaban J connectivity index is 2.12. The third kappa shape index (κ3) is 6.25. The maximum atomic E-state index is 8.54. The molecule has 0 saturated carbocycles. The van der Waals surface area contributed by atoms with E-state index in [0.29, 0.717) is 12.0 Å². The van der Waals surface area contributed by atoms with E-state index in [2.05, 4.69) is 75.3 Å². The van der Waals surface area contributed by atoms with Crippen molar-refractivity contribution in [1.82, 2.24) is 4.90 Å². The molecule has 2 aromatic rings. The molecule has 142 valence electrons. The number of fused-ring (bicyclic) bond motifs is 1. The largest absolute Gasteiger partial charge is 0.310 e. The predicted molar refractivity (Wildman–Crippen MR) is 116 cm³/mol. The Morgan fingerprint density at radius 1 is 0.962 bits per heavy atom. The van der Waals surface area contributed by atoms with Crippen LogP contribution in [0, 0.1) is 5.41 Å². The molecule has 2 aromatic carbocycles. The fourth-order valence-corrected chi connectivity index (χ4v) is 3.59. The van der Waals surface area contributed by atoms with Crippen molar-refractivity contribution >= 4 is 16.5 Å². The van der Waals surface area contributed by atoms with Crippen LogP contribution < -0.4 is 0 Å². The molecule has 0 amide bonds. The number of hydrogen-bond donors (Lipinski definition) is 1. The fourth-order valence-electron chi connectivity index (χ4n) is 3.59. The van der Waals surface area contributed by atoms with Crippen LogP contribution >= 0.6 is 0 Å². The number of hydrogen-bond acceptors (Lipinski definition) is 2. The van der Waals surface area contributed by atoms with E-state index in [1.165, 1.54) is 48.4 Å². The van der Waals surface area contributed by atoms with Gasteiger partial charge in [-0.25, -0.2) is 0 Å². The second-order valence-electron chi connectivity index (χ2n) is 7.98. The normalized spacial score (nSPS) is 13.9. The number of rotatable bonds is 11. The summed E-state index contributed by atoms with van der Waals surface area (Å²) < 4.78 is 0. The molecule has 0 saturated heterocycles. The Labute approximate surface area is 160 Å². The summed E-state index contributed by atoms with van der Waals surface area (Å²) in [6.07, 6.45) is 8.12. The summed E-state index contributed by atoms with van der Waals surface area (Å²) in [4.78, 5) is 2.21. The Kier molecular flexibility index (Phi) is 8.31. The van der Waals surface area contributed by atoms with Crippen LogP contribution in [-0.2, 0) is 0 Å². The molecule has 2 rings (SSSR count). The first-order chi connectivity index (χ1) is 12.5. The lowest BCUT2D eigenvalue weighted by Gasteiger charge is -2.23. The monoisotopic (exact) mass is 352 g/mol. The zero-order valence-corrected chi connectivity index (χ0v) is 17.1. The lowest BCUT2D eigenvalue weighted by molar-refractivity contribution is 0.319. The van der Waals surface area contributed by atoms with Crippen LogP contribution in [0.25, 0.3) is 10.8 Å². The molecule has 26 heavy (non-hydrogen) atoms. The Bertz CT molecular complexity index is 689. The third-order valence-corrected chi connectivity index (χ3v) is 5.57. The van der Waals surface area contributed by atoms with Gasteiger partial charge >= 0.3 is 0 Å². The van der Waals surface area contributed by atoms with E-state index in [-0.39, 0.29) is 0 Å². The van der Waals surface area contributed by atoms with Crippen LogP contribution in [0.4, 0.5) is 0 Å². The van der Waals surface area contributed by atoms with Gasteiger partial charge < -0.3 is 10.3 Å². The zero-order valence-electron chi connectivity index (χ0n) is 17.1. The molecular formula is C24H36N2. The summed E-state index contributed by atoms with van der Waals surface area (Å²) in [6.45, 7) is 4.47. The van der Waals surface area contributed by atoms with E-state index < -0.39 is 0 Å². The van der Waals surface area contributed by atoms with E-state index in [0.717, 1.165) is 18.6 Å². The van der Waals surface area contributed by atoms with Crippen molar-refractivity contribution in [3.05, 3.63) is 48.0 Å². The van der Waals surface area contributed by atoms with E-state index in [1.807, 2.05) is 0 Å². The fraction of sp³-hybridized carbons (Fsp3) is 0.542. The predicted octanol–water partition coefficient (Wildman–Crippen LogP) is 6.64. The molecule has 0 aliphatic heterocycles. The molecule has 2 nitrogen and oxygen atoms in total. The average Bonchev–Trinajstić information content (AvgIpc) is 2.63. The highest BCUT2D eigenvalue weighted by Gasteiger charge is 2.17. The number of nitrogens with zero attached hydrogens (tertiary/aromatic N) is 1. The minimum absolute atomic E-state index is 0.430.